The van der Waals surface area contributed by atoms with Crippen molar-refractivity contribution in [2.45, 2.75) is 38.3 Å². The van der Waals surface area contributed by atoms with Crippen LogP contribution in [0.5, 0.6) is 11.5 Å². The van der Waals surface area contributed by atoms with Crippen LogP contribution >= 0.6 is 0 Å². The van der Waals surface area contributed by atoms with Gasteiger partial charge in [-0.15, -0.1) is 0 Å². The summed E-state index contributed by atoms with van der Waals surface area (Å²) in [5.41, 5.74) is 2.20. The lowest BCUT2D eigenvalue weighted by atomic mass is 10.0. The summed E-state index contributed by atoms with van der Waals surface area (Å²) < 4.78 is 22.6. The highest BCUT2D eigenvalue weighted by Gasteiger charge is 2.28. The van der Waals surface area contributed by atoms with Crippen molar-refractivity contribution in [3.8, 4) is 22.9 Å². The lowest BCUT2D eigenvalue weighted by molar-refractivity contribution is 0.0145. The minimum Gasteiger partial charge on any atom is -0.494 e. The fraction of sp³-hybridized carbons (Fsp3) is 0.440. The molecule has 3 heterocycles. The van der Waals surface area contributed by atoms with Crippen LogP contribution in [0.4, 0.5) is 0 Å². The van der Waals surface area contributed by atoms with Crippen LogP contribution in [-0.2, 0) is 11.3 Å². The predicted octanol–water partition coefficient (Wildman–Crippen LogP) is 4.29. The van der Waals surface area contributed by atoms with Gasteiger partial charge in [-0.1, -0.05) is 17.3 Å². The van der Waals surface area contributed by atoms with Crippen molar-refractivity contribution in [3.63, 3.8) is 0 Å². The minimum absolute atomic E-state index is 0.209. The summed E-state index contributed by atoms with van der Waals surface area (Å²) in [6, 6.07) is 16.2. The Kier molecular flexibility index (Phi) is 6.36. The van der Waals surface area contributed by atoms with E-state index in [2.05, 4.69) is 27.2 Å². The third kappa shape index (κ3) is 4.95. The number of aromatic nitrogens is 2. The average Bonchev–Trinajstić information content (AvgIpc) is 3.30. The highest BCUT2D eigenvalue weighted by atomic mass is 16.5. The molecule has 2 aliphatic heterocycles. The Morgan fingerprint density at radius 2 is 1.84 bits per heavy atom. The Morgan fingerprint density at radius 3 is 2.62 bits per heavy atom. The zero-order valence-corrected chi connectivity index (χ0v) is 18.4. The van der Waals surface area contributed by atoms with Crippen molar-refractivity contribution in [1.82, 2.24) is 15.0 Å². The maximum atomic E-state index is 6.13. The van der Waals surface area contributed by atoms with Gasteiger partial charge in [0.1, 0.15) is 17.6 Å². The second-order valence-corrected chi connectivity index (χ2v) is 8.38. The first kappa shape index (κ1) is 21.0. The van der Waals surface area contributed by atoms with E-state index in [1.54, 1.807) is 0 Å². The first-order valence-corrected chi connectivity index (χ1v) is 11.4. The van der Waals surface area contributed by atoms with Gasteiger partial charge in [0.2, 0.25) is 11.7 Å². The molecule has 7 nitrogen and oxygen atoms in total. The summed E-state index contributed by atoms with van der Waals surface area (Å²) in [4.78, 5) is 6.98. The van der Waals surface area contributed by atoms with Crippen LogP contribution in [0.3, 0.4) is 0 Å². The third-order valence-corrected chi connectivity index (χ3v) is 5.97. The van der Waals surface area contributed by atoms with Crippen molar-refractivity contribution in [3.05, 3.63) is 60.0 Å². The zero-order chi connectivity index (χ0) is 21.8. The maximum absolute atomic E-state index is 6.13. The van der Waals surface area contributed by atoms with Gasteiger partial charge in [-0.3, -0.25) is 4.90 Å². The molecule has 0 unspecified atom stereocenters. The quantitative estimate of drug-likeness (QED) is 0.523. The van der Waals surface area contributed by atoms with Gasteiger partial charge in [-0.05, 0) is 61.7 Å². The molecule has 2 aromatic carbocycles. The molecule has 2 fully saturated rings. The monoisotopic (exact) mass is 435 g/mol. The largest absolute Gasteiger partial charge is 0.494 e. The minimum atomic E-state index is 0.209. The molecule has 0 N–H and O–H groups in total. The topological polar surface area (TPSA) is 69.9 Å². The summed E-state index contributed by atoms with van der Waals surface area (Å²) in [5, 5.41) is 4.16. The zero-order valence-electron chi connectivity index (χ0n) is 18.4. The number of ether oxygens (including phenoxy) is 3. The van der Waals surface area contributed by atoms with Crippen molar-refractivity contribution < 1.29 is 18.7 Å². The average molecular weight is 436 g/mol. The summed E-state index contributed by atoms with van der Waals surface area (Å²) in [7, 11) is 0. The molecule has 32 heavy (non-hydrogen) atoms. The standard InChI is InChI=1S/C25H29N3O4/c1-2-30-22-5-3-4-18(14-22)15-28-16-23(17-28)31-21-8-6-19(7-9-21)24-26-25(32-27-24)20-10-12-29-13-11-20/h3-9,14,20,23H,2,10-13,15-17H2,1H3. The Balaban J connectivity index is 1.11. The van der Waals surface area contributed by atoms with Gasteiger partial charge in [-0.2, -0.15) is 4.98 Å². The lowest BCUT2D eigenvalue weighted by Crippen LogP contribution is -2.53. The van der Waals surface area contributed by atoms with E-state index in [0.717, 1.165) is 62.8 Å². The number of benzene rings is 2. The maximum Gasteiger partial charge on any atom is 0.230 e. The summed E-state index contributed by atoms with van der Waals surface area (Å²) in [5.74, 6) is 3.44. The molecular formula is C25H29N3O4. The van der Waals surface area contributed by atoms with E-state index in [1.165, 1.54) is 5.56 Å². The van der Waals surface area contributed by atoms with Crippen LogP contribution in [0.1, 0.15) is 37.1 Å². The van der Waals surface area contributed by atoms with Crippen LogP contribution in [0, 0.1) is 0 Å². The molecule has 3 aromatic rings. The van der Waals surface area contributed by atoms with E-state index in [-0.39, 0.29) is 6.10 Å². The first-order chi connectivity index (χ1) is 15.8. The fourth-order valence-electron chi connectivity index (χ4n) is 4.22. The van der Waals surface area contributed by atoms with Gasteiger partial charge in [0.05, 0.1) is 6.61 Å². The van der Waals surface area contributed by atoms with Crippen LogP contribution in [0.25, 0.3) is 11.4 Å². The molecule has 1 aromatic heterocycles. The number of hydrogen-bond donors (Lipinski definition) is 0. The van der Waals surface area contributed by atoms with Gasteiger partial charge in [0.25, 0.3) is 0 Å². The molecule has 168 valence electrons. The summed E-state index contributed by atoms with van der Waals surface area (Å²) >= 11 is 0. The van der Waals surface area contributed by atoms with Gasteiger partial charge in [-0.25, -0.2) is 0 Å². The Morgan fingerprint density at radius 1 is 1.03 bits per heavy atom. The highest BCUT2D eigenvalue weighted by Crippen LogP contribution is 2.28. The molecule has 0 aliphatic carbocycles. The van der Waals surface area contributed by atoms with Crippen molar-refractivity contribution in [2.75, 3.05) is 32.9 Å². The van der Waals surface area contributed by atoms with E-state index in [0.29, 0.717) is 24.2 Å². The van der Waals surface area contributed by atoms with E-state index in [1.807, 2.05) is 43.3 Å². The second kappa shape index (κ2) is 9.71. The van der Waals surface area contributed by atoms with E-state index < -0.39 is 0 Å². The Hall–Kier alpha value is -2.90. The number of hydrogen-bond acceptors (Lipinski definition) is 7. The Labute approximate surface area is 188 Å². The molecule has 0 atom stereocenters. The van der Waals surface area contributed by atoms with Gasteiger partial charge in [0.15, 0.2) is 0 Å². The summed E-state index contributed by atoms with van der Waals surface area (Å²) in [6.07, 6.45) is 2.08. The van der Waals surface area contributed by atoms with E-state index >= 15 is 0 Å². The van der Waals surface area contributed by atoms with Crippen LogP contribution < -0.4 is 9.47 Å². The number of rotatable bonds is 8. The smallest absolute Gasteiger partial charge is 0.230 e. The third-order valence-electron chi connectivity index (χ3n) is 5.97. The summed E-state index contributed by atoms with van der Waals surface area (Å²) in [6.45, 7) is 6.95. The lowest BCUT2D eigenvalue weighted by Gasteiger charge is -2.39. The van der Waals surface area contributed by atoms with Crippen LogP contribution in [0.2, 0.25) is 0 Å². The molecule has 0 bridgehead atoms. The predicted molar refractivity (Wildman–Crippen MR) is 120 cm³/mol. The molecule has 5 rings (SSSR count). The Bertz CT molecular complexity index is 1010. The normalized spacial score (nSPS) is 17.8. The molecule has 0 radical (unpaired) electrons. The molecule has 2 saturated heterocycles. The molecule has 0 saturated carbocycles. The highest BCUT2D eigenvalue weighted by molar-refractivity contribution is 5.55. The van der Waals surface area contributed by atoms with Crippen molar-refractivity contribution in [2.24, 2.45) is 0 Å². The van der Waals surface area contributed by atoms with E-state index in [4.69, 9.17) is 18.7 Å². The van der Waals surface area contributed by atoms with Gasteiger partial charge in [0, 0.05) is 44.3 Å². The van der Waals surface area contributed by atoms with Crippen molar-refractivity contribution >= 4 is 0 Å². The van der Waals surface area contributed by atoms with Crippen LogP contribution in [0.15, 0.2) is 53.1 Å². The van der Waals surface area contributed by atoms with Gasteiger partial charge < -0.3 is 18.7 Å². The first-order valence-electron chi connectivity index (χ1n) is 11.4. The van der Waals surface area contributed by atoms with E-state index in [9.17, 15) is 0 Å². The number of nitrogens with zero attached hydrogens (tertiary/aromatic N) is 3. The molecule has 2 aliphatic rings. The van der Waals surface area contributed by atoms with Crippen LogP contribution in [-0.4, -0.2) is 54.1 Å². The number of likely N-dealkylation sites (tertiary alicyclic amines) is 1. The van der Waals surface area contributed by atoms with Gasteiger partial charge >= 0.3 is 0 Å². The second-order valence-electron chi connectivity index (χ2n) is 8.38. The fourth-order valence-corrected chi connectivity index (χ4v) is 4.22. The molecule has 0 spiro atoms. The molecule has 7 heteroatoms. The molecule has 0 amide bonds. The SMILES string of the molecule is CCOc1cccc(CN2CC(Oc3ccc(-c4noc(C5CCOCC5)n4)cc3)C2)c1. The molecular weight excluding hydrogens is 406 g/mol. The van der Waals surface area contributed by atoms with Crippen molar-refractivity contribution in [1.29, 1.82) is 0 Å².